The van der Waals surface area contributed by atoms with E-state index in [-0.39, 0.29) is 11.3 Å². The lowest BCUT2D eigenvalue weighted by Crippen LogP contribution is -2.45. The van der Waals surface area contributed by atoms with E-state index in [4.69, 9.17) is 14.2 Å². The van der Waals surface area contributed by atoms with Crippen LogP contribution in [-0.4, -0.2) is 61.3 Å². The molecule has 4 rings (SSSR count). The van der Waals surface area contributed by atoms with Crippen molar-refractivity contribution in [3.05, 3.63) is 47.7 Å². The number of nitrogens with zero attached hydrogens (tertiary/aromatic N) is 3. The maximum atomic E-state index is 12.5. The average Bonchev–Trinajstić information content (AvgIpc) is 3.22. The molecule has 2 aliphatic rings. The fourth-order valence-corrected chi connectivity index (χ4v) is 3.54. The van der Waals surface area contributed by atoms with Crippen LogP contribution in [0.1, 0.15) is 33.7 Å². The lowest BCUT2D eigenvalue weighted by Gasteiger charge is -2.37. The Hall–Kier alpha value is -3.04. The molecule has 0 aliphatic carbocycles. The van der Waals surface area contributed by atoms with Gasteiger partial charge in [-0.15, -0.1) is 10.2 Å². The van der Waals surface area contributed by atoms with Gasteiger partial charge in [-0.05, 0) is 24.3 Å². The van der Waals surface area contributed by atoms with Crippen molar-refractivity contribution in [3.8, 4) is 0 Å². The van der Waals surface area contributed by atoms with Gasteiger partial charge in [-0.3, -0.25) is 4.79 Å². The summed E-state index contributed by atoms with van der Waals surface area (Å²) in [5.41, 5.74) is 0.781. The van der Waals surface area contributed by atoms with Crippen molar-refractivity contribution >= 4 is 23.4 Å². The Bertz CT molecular complexity index is 886. The van der Waals surface area contributed by atoms with Gasteiger partial charge >= 0.3 is 5.97 Å². The number of amides is 1. The zero-order chi connectivity index (χ0) is 20.3. The van der Waals surface area contributed by atoms with Crippen molar-refractivity contribution in [1.29, 1.82) is 0 Å². The first-order valence-electron chi connectivity index (χ1n) is 9.45. The van der Waals surface area contributed by atoms with Crippen molar-refractivity contribution in [3.63, 3.8) is 0 Å². The zero-order valence-electron chi connectivity index (χ0n) is 16.1. The van der Waals surface area contributed by atoms with Crippen LogP contribution >= 0.6 is 0 Å². The van der Waals surface area contributed by atoms with Gasteiger partial charge in [-0.1, -0.05) is 12.1 Å². The Kier molecular flexibility index (Phi) is 5.41. The first-order valence-corrected chi connectivity index (χ1v) is 9.45. The molecule has 0 radical (unpaired) electrons. The number of benzene rings is 1. The summed E-state index contributed by atoms with van der Waals surface area (Å²) in [5.74, 6) is -0.730. The summed E-state index contributed by atoms with van der Waals surface area (Å²) in [6, 6.07) is 10.0. The number of nitrogens with one attached hydrogen (secondary N) is 1. The molecule has 9 nitrogen and oxygen atoms in total. The van der Waals surface area contributed by atoms with Crippen LogP contribution in [0.15, 0.2) is 36.4 Å². The number of hydrogen-bond donors (Lipinski definition) is 1. The van der Waals surface area contributed by atoms with Gasteiger partial charge in [0.05, 0.1) is 31.6 Å². The van der Waals surface area contributed by atoms with Crippen LogP contribution in [-0.2, 0) is 14.2 Å². The van der Waals surface area contributed by atoms with E-state index in [1.165, 1.54) is 7.11 Å². The molecule has 2 saturated heterocycles. The van der Waals surface area contributed by atoms with Gasteiger partial charge in [0.1, 0.15) is 0 Å². The van der Waals surface area contributed by atoms with Crippen LogP contribution in [0.25, 0.3) is 0 Å². The third-order valence-corrected chi connectivity index (χ3v) is 5.13. The molecule has 3 heterocycles. The molecular formula is C20H22N4O5. The standard InChI is InChI=1S/C20H22N4O5/c1-27-19(26)14-4-2-3-5-15(14)21-18(25)16-6-7-17(23-22-16)24-10-8-20(9-11-24)28-12-13-29-20/h2-7H,8-13H2,1H3,(H,21,25). The number of carbonyl (C=O) groups excluding carboxylic acids is 2. The highest BCUT2D eigenvalue weighted by Crippen LogP contribution is 2.32. The fourth-order valence-electron chi connectivity index (χ4n) is 3.54. The topological polar surface area (TPSA) is 103 Å². The molecule has 1 spiro atoms. The number of methoxy groups -OCH3 is 1. The Morgan fingerprint density at radius 1 is 1.07 bits per heavy atom. The van der Waals surface area contributed by atoms with Crippen molar-refractivity contribution < 1.29 is 23.8 Å². The lowest BCUT2D eigenvalue weighted by atomic mass is 10.0. The van der Waals surface area contributed by atoms with Crippen LogP contribution < -0.4 is 10.2 Å². The predicted octanol–water partition coefficient (Wildman–Crippen LogP) is 1.86. The van der Waals surface area contributed by atoms with Gasteiger partial charge in [0.15, 0.2) is 17.3 Å². The van der Waals surface area contributed by atoms with Crippen LogP contribution in [0.3, 0.4) is 0 Å². The quantitative estimate of drug-likeness (QED) is 0.779. The van der Waals surface area contributed by atoms with Gasteiger partial charge in [0.2, 0.25) is 0 Å². The van der Waals surface area contributed by atoms with E-state index in [0.717, 1.165) is 25.9 Å². The number of anilines is 2. The van der Waals surface area contributed by atoms with E-state index in [1.54, 1.807) is 36.4 Å². The van der Waals surface area contributed by atoms with E-state index in [1.807, 2.05) is 0 Å². The van der Waals surface area contributed by atoms with Gasteiger partial charge < -0.3 is 24.4 Å². The SMILES string of the molecule is COC(=O)c1ccccc1NC(=O)c1ccc(N2CCC3(CC2)OCCO3)nn1. The van der Waals surface area contributed by atoms with Crippen molar-refractivity contribution in [2.75, 3.05) is 43.6 Å². The molecule has 0 atom stereocenters. The van der Waals surface area contributed by atoms with Crippen LogP contribution in [0.2, 0.25) is 0 Å². The van der Waals surface area contributed by atoms with Crippen molar-refractivity contribution in [2.45, 2.75) is 18.6 Å². The number of piperidine rings is 1. The summed E-state index contributed by atoms with van der Waals surface area (Å²) in [7, 11) is 1.29. The summed E-state index contributed by atoms with van der Waals surface area (Å²) < 4.78 is 16.2. The monoisotopic (exact) mass is 398 g/mol. The molecule has 0 saturated carbocycles. The number of carbonyl (C=O) groups is 2. The van der Waals surface area contributed by atoms with Gasteiger partial charge in [0, 0.05) is 25.9 Å². The third kappa shape index (κ3) is 4.06. The first-order chi connectivity index (χ1) is 14.1. The van der Waals surface area contributed by atoms with Gasteiger partial charge in [-0.2, -0.15) is 0 Å². The molecule has 1 aromatic heterocycles. The summed E-state index contributed by atoms with van der Waals surface area (Å²) in [6.45, 7) is 2.77. The Morgan fingerprint density at radius 3 is 2.45 bits per heavy atom. The highest BCUT2D eigenvalue weighted by Gasteiger charge is 2.40. The molecule has 2 fully saturated rings. The Labute approximate surface area is 168 Å². The highest BCUT2D eigenvalue weighted by atomic mass is 16.7. The second-order valence-corrected chi connectivity index (χ2v) is 6.86. The maximum Gasteiger partial charge on any atom is 0.339 e. The summed E-state index contributed by atoms with van der Waals surface area (Å²) in [4.78, 5) is 26.5. The van der Waals surface area contributed by atoms with E-state index >= 15 is 0 Å². The molecule has 29 heavy (non-hydrogen) atoms. The normalized spacial score (nSPS) is 17.9. The first kappa shape index (κ1) is 19.3. The molecular weight excluding hydrogens is 376 g/mol. The average molecular weight is 398 g/mol. The number of esters is 1. The molecule has 0 unspecified atom stereocenters. The minimum absolute atomic E-state index is 0.157. The number of rotatable bonds is 4. The molecule has 2 aromatic rings. The Balaban J connectivity index is 1.41. The summed E-state index contributed by atoms with van der Waals surface area (Å²) in [5, 5.41) is 10.9. The number of para-hydroxylation sites is 1. The molecule has 1 N–H and O–H groups in total. The molecule has 1 amide bonds. The molecule has 1 aromatic carbocycles. The second-order valence-electron chi connectivity index (χ2n) is 6.86. The van der Waals surface area contributed by atoms with E-state index < -0.39 is 17.7 Å². The van der Waals surface area contributed by atoms with E-state index in [0.29, 0.717) is 24.7 Å². The summed E-state index contributed by atoms with van der Waals surface area (Å²) in [6.07, 6.45) is 1.53. The molecule has 0 bridgehead atoms. The van der Waals surface area contributed by atoms with E-state index in [9.17, 15) is 9.59 Å². The smallest absolute Gasteiger partial charge is 0.339 e. The summed E-state index contributed by atoms with van der Waals surface area (Å²) >= 11 is 0. The zero-order valence-corrected chi connectivity index (χ0v) is 16.1. The number of ether oxygens (including phenoxy) is 3. The molecule has 9 heteroatoms. The highest BCUT2D eigenvalue weighted by molar-refractivity contribution is 6.07. The fraction of sp³-hybridized carbons (Fsp3) is 0.400. The number of aromatic nitrogens is 2. The van der Waals surface area contributed by atoms with Gasteiger partial charge in [-0.25, -0.2) is 4.79 Å². The van der Waals surface area contributed by atoms with Crippen LogP contribution in [0.5, 0.6) is 0 Å². The number of hydrogen-bond acceptors (Lipinski definition) is 8. The second kappa shape index (κ2) is 8.14. The third-order valence-electron chi connectivity index (χ3n) is 5.13. The Morgan fingerprint density at radius 2 is 1.79 bits per heavy atom. The van der Waals surface area contributed by atoms with Gasteiger partial charge in [0.25, 0.3) is 5.91 Å². The predicted molar refractivity (Wildman–Crippen MR) is 104 cm³/mol. The minimum atomic E-state index is -0.527. The van der Waals surface area contributed by atoms with Crippen LogP contribution in [0, 0.1) is 0 Å². The molecule has 152 valence electrons. The largest absolute Gasteiger partial charge is 0.465 e. The maximum absolute atomic E-state index is 12.5. The minimum Gasteiger partial charge on any atom is -0.465 e. The van der Waals surface area contributed by atoms with E-state index in [2.05, 4.69) is 20.4 Å². The lowest BCUT2D eigenvalue weighted by molar-refractivity contribution is -0.169. The van der Waals surface area contributed by atoms with Crippen molar-refractivity contribution in [2.24, 2.45) is 0 Å². The van der Waals surface area contributed by atoms with Crippen LogP contribution in [0.4, 0.5) is 11.5 Å². The van der Waals surface area contributed by atoms with Crippen molar-refractivity contribution in [1.82, 2.24) is 10.2 Å². The molecule has 2 aliphatic heterocycles.